The largest absolute Gasteiger partial charge is 0.508 e. The second-order valence-corrected chi connectivity index (χ2v) is 4.70. The molecule has 1 amide bonds. The normalized spacial score (nSPS) is 10.5. The SMILES string of the molecule is CCOc1ccccc1OCC(=O)NN=Cc1ccc(O)cc1O. The zero-order chi connectivity index (χ0) is 17.4. The summed E-state index contributed by atoms with van der Waals surface area (Å²) in [5, 5.41) is 22.5. The van der Waals surface area contributed by atoms with Gasteiger partial charge in [0.1, 0.15) is 11.5 Å². The Balaban J connectivity index is 1.86. The molecule has 3 N–H and O–H groups in total. The Labute approximate surface area is 139 Å². The number of ether oxygens (including phenoxy) is 2. The van der Waals surface area contributed by atoms with Crippen molar-refractivity contribution >= 4 is 12.1 Å². The van der Waals surface area contributed by atoms with Gasteiger partial charge in [-0.3, -0.25) is 4.79 Å². The Morgan fingerprint density at radius 2 is 1.88 bits per heavy atom. The molecule has 7 nitrogen and oxygen atoms in total. The number of benzene rings is 2. The molecule has 0 saturated carbocycles. The highest BCUT2D eigenvalue weighted by Gasteiger charge is 2.06. The van der Waals surface area contributed by atoms with E-state index in [2.05, 4.69) is 10.5 Å². The highest BCUT2D eigenvalue weighted by molar-refractivity contribution is 5.85. The van der Waals surface area contributed by atoms with E-state index in [1.54, 1.807) is 18.2 Å². The maximum Gasteiger partial charge on any atom is 0.277 e. The Morgan fingerprint density at radius 3 is 2.54 bits per heavy atom. The molecule has 2 aromatic rings. The van der Waals surface area contributed by atoms with Crippen LogP contribution in [0, 0.1) is 0 Å². The van der Waals surface area contributed by atoms with E-state index in [-0.39, 0.29) is 18.1 Å². The average molecular weight is 330 g/mol. The number of nitrogens with zero attached hydrogens (tertiary/aromatic N) is 1. The van der Waals surface area contributed by atoms with Gasteiger partial charge in [-0.05, 0) is 31.2 Å². The molecule has 0 aliphatic rings. The first-order valence-electron chi connectivity index (χ1n) is 7.28. The first-order chi connectivity index (χ1) is 11.6. The van der Waals surface area contributed by atoms with Gasteiger partial charge in [0.2, 0.25) is 0 Å². The van der Waals surface area contributed by atoms with Crippen molar-refractivity contribution in [1.29, 1.82) is 0 Å². The highest BCUT2D eigenvalue weighted by Crippen LogP contribution is 2.26. The van der Waals surface area contributed by atoms with Crippen molar-refractivity contribution in [3.8, 4) is 23.0 Å². The van der Waals surface area contributed by atoms with Crippen molar-refractivity contribution in [3.05, 3.63) is 48.0 Å². The van der Waals surface area contributed by atoms with E-state index < -0.39 is 5.91 Å². The predicted molar refractivity (Wildman–Crippen MR) is 88.6 cm³/mol. The lowest BCUT2D eigenvalue weighted by Gasteiger charge is -2.10. The minimum atomic E-state index is -0.462. The fourth-order valence-electron chi connectivity index (χ4n) is 1.83. The summed E-state index contributed by atoms with van der Waals surface area (Å²) in [6.07, 6.45) is 1.26. The van der Waals surface area contributed by atoms with Crippen molar-refractivity contribution in [2.24, 2.45) is 5.10 Å². The van der Waals surface area contributed by atoms with Crippen LogP contribution in [0.2, 0.25) is 0 Å². The van der Waals surface area contributed by atoms with E-state index in [4.69, 9.17) is 9.47 Å². The van der Waals surface area contributed by atoms with Gasteiger partial charge in [0.15, 0.2) is 18.1 Å². The average Bonchev–Trinajstić information content (AvgIpc) is 2.56. The number of amides is 1. The minimum absolute atomic E-state index is 0.0601. The fraction of sp³-hybridized carbons (Fsp3) is 0.176. The van der Waals surface area contributed by atoms with Gasteiger partial charge in [-0.2, -0.15) is 5.10 Å². The molecule has 0 radical (unpaired) electrons. The third kappa shape index (κ3) is 4.91. The lowest BCUT2D eigenvalue weighted by molar-refractivity contribution is -0.123. The number of rotatable bonds is 7. The maximum absolute atomic E-state index is 11.7. The molecular weight excluding hydrogens is 312 g/mol. The Morgan fingerprint density at radius 1 is 1.17 bits per heavy atom. The van der Waals surface area contributed by atoms with Crippen LogP contribution in [0.3, 0.4) is 0 Å². The van der Waals surface area contributed by atoms with Crippen LogP contribution in [0.1, 0.15) is 12.5 Å². The molecule has 2 rings (SSSR count). The van der Waals surface area contributed by atoms with Crippen molar-refractivity contribution < 1.29 is 24.5 Å². The van der Waals surface area contributed by atoms with Crippen LogP contribution >= 0.6 is 0 Å². The monoisotopic (exact) mass is 330 g/mol. The van der Waals surface area contributed by atoms with Crippen LogP contribution in [-0.4, -0.2) is 35.5 Å². The lowest BCUT2D eigenvalue weighted by Crippen LogP contribution is -2.24. The maximum atomic E-state index is 11.7. The summed E-state index contributed by atoms with van der Waals surface area (Å²) in [4.78, 5) is 11.7. The molecule has 7 heteroatoms. The van der Waals surface area contributed by atoms with E-state index in [1.165, 1.54) is 24.4 Å². The van der Waals surface area contributed by atoms with Gasteiger partial charge in [-0.25, -0.2) is 5.43 Å². The van der Waals surface area contributed by atoms with Gasteiger partial charge >= 0.3 is 0 Å². The lowest BCUT2D eigenvalue weighted by atomic mass is 10.2. The van der Waals surface area contributed by atoms with Gasteiger partial charge in [0.05, 0.1) is 12.8 Å². The summed E-state index contributed by atoms with van der Waals surface area (Å²) < 4.78 is 10.8. The fourth-order valence-corrected chi connectivity index (χ4v) is 1.83. The zero-order valence-corrected chi connectivity index (χ0v) is 13.1. The molecule has 0 saturated heterocycles. The number of carbonyl (C=O) groups excluding carboxylic acids is 1. The zero-order valence-electron chi connectivity index (χ0n) is 13.1. The van der Waals surface area contributed by atoms with E-state index in [1.807, 2.05) is 13.0 Å². The summed E-state index contributed by atoms with van der Waals surface area (Å²) in [5.74, 6) is 0.362. The van der Waals surface area contributed by atoms with Crippen molar-refractivity contribution in [2.75, 3.05) is 13.2 Å². The van der Waals surface area contributed by atoms with Crippen molar-refractivity contribution in [2.45, 2.75) is 6.92 Å². The highest BCUT2D eigenvalue weighted by atomic mass is 16.5. The van der Waals surface area contributed by atoms with Gasteiger partial charge in [0.25, 0.3) is 5.91 Å². The molecule has 2 aromatic carbocycles. The molecular formula is C17H18N2O5. The third-order valence-electron chi connectivity index (χ3n) is 2.91. The number of phenols is 2. The van der Waals surface area contributed by atoms with E-state index in [9.17, 15) is 15.0 Å². The van der Waals surface area contributed by atoms with E-state index in [0.717, 1.165) is 0 Å². The predicted octanol–water partition coefficient (Wildman–Crippen LogP) is 2.03. The number of hydrogen-bond donors (Lipinski definition) is 3. The topological polar surface area (TPSA) is 100 Å². The number of hydrazone groups is 1. The summed E-state index contributed by atoms with van der Waals surface area (Å²) >= 11 is 0. The standard InChI is InChI=1S/C17H18N2O5/c1-2-23-15-5-3-4-6-16(15)24-11-17(22)19-18-10-12-7-8-13(20)9-14(12)21/h3-10,20-21H,2,11H2,1H3,(H,19,22). The van der Waals surface area contributed by atoms with Gasteiger partial charge in [-0.1, -0.05) is 12.1 Å². The van der Waals surface area contributed by atoms with Crippen LogP contribution in [0.5, 0.6) is 23.0 Å². The smallest absolute Gasteiger partial charge is 0.277 e. The van der Waals surface area contributed by atoms with Crippen molar-refractivity contribution in [3.63, 3.8) is 0 Å². The Hall–Kier alpha value is -3.22. The summed E-state index contributed by atoms with van der Waals surface area (Å²) in [6, 6.07) is 11.1. The Kier molecular flexibility index (Phi) is 6.01. The Bertz CT molecular complexity index is 731. The number of nitrogens with one attached hydrogen (secondary N) is 1. The minimum Gasteiger partial charge on any atom is -0.508 e. The molecule has 0 aromatic heterocycles. The quantitative estimate of drug-likeness (QED) is 0.533. The van der Waals surface area contributed by atoms with Gasteiger partial charge in [0, 0.05) is 11.6 Å². The number of para-hydroxylation sites is 2. The summed E-state index contributed by atoms with van der Waals surface area (Å²) in [7, 11) is 0. The van der Waals surface area contributed by atoms with Crippen LogP contribution in [-0.2, 0) is 4.79 Å². The molecule has 24 heavy (non-hydrogen) atoms. The number of aromatic hydroxyl groups is 2. The van der Waals surface area contributed by atoms with Crippen LogP contribution in [0.15, 0.2) is 47.6 Å². The van der Waals surface area contributed by atoms with Crippen LogP contribution < -0.4 is 14.9 Å². The molecule has 0 unspecified atom stereocenters. The molecule has 0 aliphatic carbocycles. The number of hydrogen-bond acceptors (Lipinski definition) is 6. The third-order valence-corrected chi connectivity index (χ3v) is 2.91. The second kappa shape index (κ2) is 8.42. The van der Waals surface area contributed by atoms with E-state index in [0.29, 0.717) is 23.7 Å². The van der Waals surface area contributed by atoms with Gasteiger partial charge < -0.3 is 19.7 Å². The first-order valence-corrected chi connectivity index (χ1v) is 7.28. The summed E-state index contributed by atoms with van der Waals surface area (Å²) in [5.41, 5.74) is 2.64. The molecule has 0 fully saturated rings. The van der Waals surface area contributed by atoms with E-state index >= 15 is 0 Å². The van der Waals surface area contributed by atoms with Crippen molar-refractivity contribution in [1.82, 2.24) is 5.43 Å². The molecule has 0 aliphatic heterocycles. The molecule has 126 valence electrons. The van der Waals surface area contributed by atoms with Gasteiger partial charge in [-0.15, -0.1) is 0 Å². The van der Waals surface area contributed by atoms with Crippen LogP contribution in [0.4, 0.5) is 0 Å². The van der Waals surface area contributed by atoms with Crippen LogP contribution in [0.25, 0.3) is 0 Å². The first kappa shape index (κ1) is 17.1. The summed E-state index contributed by atoms with van der Waals surface area (Å²) in [6.45, 7) is 2.12. The second-order valence-electron chi connectivity index (χ2n) is 4.70. The number of carbonyl (C=O) groups is 1. The number of phenolic OH excluding ortho intramolecular Hbond substituents is 2. The molecule has 0 bridgehead atoms. The molecule has 0 heterocycles. The molecule has 0 spiro atoms. The molecule has 0 atom stereocenters.